The Bertz CT molecular complexity index is 660. The van der Waals surface area contributed by atoms with Crippen molar-refractivity contribution in [2.75, 3.05) is 13.6 Å². The van der Waals surface area contributed by atoms with Crippen molar-refractivity contribution in [2.24, 2.45) is 5.73 Å². The van der Waals surface area contributed by atoms with Crippen molar-refractivity contribution in [3.05, 3.63) is 50.9 Å². The van der Waals surface area contributed by atoms with E-state index in [1.165, 1.54) is 11.3 Å². The van der Waals surface area contributed by atoms with E-state index in [1.54, 1.807) is 4.90 Å². The first-order valence-electron chi connectivity index (χ1n) is 7.61. The van der Waals surface area contributed by atoms with E-state index in [-0.39, 0.29) is 30.3 Å². The molecule has 1 amide bonds. The van der Waals surface area contributed by atoms with Crippen LogP contribution in [0.15, 0.2) is 29.6 Å². The number of rotatable bonds is 6. The molecule has 0 fully saturated rings. The van der Waals surface area contributed by atoms with Gasteiger partial charge in [-0.25, -0.2) is 4.98 Å². The van der Waals surface area contributed by atoms with E-state index >= 15 is 0 Å². The molecule has 2 rings (SSSR count). The van der Waals surface area contributed by atoms with E-state index in [0.29, 0.717) is 23.7 Å². The van der Waals surface area contributed by atoms with Crippen LogP contribution in [-0.4, -0.2) is 35.4 Å². The molecule has 24 heavy (non-hydrogen) atoms. The molecule has 0 bridgehead atoms. The lowest BCUT2D eigenvalue weighted by Crippen LogP contribution is -2.38. The van der Waals surface area contributed by atoms with Gasteiger partial charge in [0.05, 0.1) is 5.01 Å². The highest BCUT2D eigenvalue weighted by Gasteiger charge is 2.24. The van der Waals surface area contributed by atoms with Gasteiger partial charge in [0.25, 0.3) is 5.91 Å². The second-order valence-corrected chi connectivity index (χ2v) is 7.04. The van der Waals surface area contributed by atoms with E-state index in [9.17, 15) is 4.79 Å². The van der Waals surface area contributed by atoms with E-state index in [1.807, 2.05) is 43.6 Å². The summed E-state index contributed by atoms with van der Waals surface area (Å²) in [5.41, 5.74) is 7.18. The first-order valence-corrected chi connectivity index (χ1v) is 8.87. The number of carbonyl (C=O) groups is 1. The number of nitrogens with two attached hydrogens (primary N) is 1. The third-order valence-corrected chi connectivity index (χ3v) is 5.34. The van der Waals surface area contributed by atoms with Crippen molar-refractivity contribution in [1.29, 1.82) is 0 Å². The minimum atomic E-state index is -0.0576. The molecule has 2 N–H and O–H groups in total. The third-order valence-electron chi connectivity index (χ3n) is 4.18. The van der Waals surface area contributed by atoms with Crippen LogP contribution in [0.4, 0.5) is 0 Å². The predicted molar refractivity (Wildman–Crippen MR) is 104 cm³/mol. The minimum Gasteiger partial charge on any atom is -0.337 e. The Morgan fingerprint density at radius 2 is 1.96 bits per heavy atom. The molecule has 0 aliphatic heterocycles. The fraction of sp³-hybridized carbons (Fsp3) is 0.412. The highest BCUT2D eigenvalue weighted by molar-refractivity contribution is 7.09. The third kappa shape index (κ3) is 4.93. The molecule has 7 heteroatoms. The standard InChI is InChI=1S/C17H22ClN3OS.ClH/c1-11(13-4-6-14(18)7-5-13)12(2)21(3)17(22)15-10-23-16(20-15)8-9-19;/h4-7,10-12H,8-9,19H2,1-3H3;1H. The number of thiazole rings is 1. The molecule has 1 heterocycles. The molecular weight excluding hydrogens is 365 g/mol. The quantitative estimate of drug-likeness (QED) is 0.814. The number of nitrogens with zero attached hydrogens (tertiary/aromatic N) is 2. The summed E-state index contributed by atoms with van der Waals surface area (Å²) in [6.45, 7) is 4.70. The molecule has 0 aliphatic rings. The summed E-state index contributed by atoms with van der Waals surface area (Å²) in [6.07, 6.45) is 0.707. The monoisotopic (exact) mass is 387 g/mol. The van der Waals surface area contributed by atoms with Crippen molar-refractivity contribution < 1.29 is 4.79 Å². The number of hydrogen-bond donors (Lipinski definition) is 1. The summed E-state index contributed by atoms with van der Waals surface area (Å²) in [5, 5.41) is 3.43. The zero-order chi connectivity index (χ0) is 17.0. The Labute approximate surface area is 158 Å². The smallest absolute Gasteiger partial charge is 0.273 e. The molecular formula is C17H23Cl2N3OS. The average Bonchev–Trinajstić information content (AvgIpc) is 3.02. The van der Waals surface area contributed by atoms with Crippen molar-refractivity contribution in [3.8, 4) is 0 Å². The summed E-state index contributed by atoms with van der Waals surface area (Å²) in [6, 6.07) is 7.81. The summed E-state index contributed by atoms with van der Waals surface area (Å²) in [4.78, 5) is 18.7. The van der Waals surface area contributed by atoms with Gasteiger partial charge in [-0.3, -0.25) is 4.79 Å². The maximum Gasteiger partial charge on any atom is 0.273 e. The van der Waals surface area contributed by atoms with Gasteiger partial charge in [-0.2, -0.15) is 0 Å². The summed E-state index contributed by atoms with van der Waals surface area (Å²) in [5.74, 6) is 0.140. The maximum atomic E-state index is 12.6. The molecule has 0 aliphatic carbocycles. The van der Waals surface area contributed by atoms with Gasteiger partial charge in [0.15, 0.2) is 0 Å². The first-order chi connectivity index (χ1) is 10.9. The summed E-state index contributed by atoms with van der Waals surface area (Å²) >= 11 is 7.42. The Morgan fingerprint density at radius 3 is 2.54 bits per heavy atom. The number of benzene rings is 1. The predicted octanol–water partition coefficient (Wildman–Crippen LogP) is 3.98. The molecule has 2 aromatic rings. The zero-order valence-corrected chi connectivity index (χ0v) is 16.4. The van der Waals surface area contributed by atoms with Gasteiger partial charge in [-0.1, -0.05) is 30.7 Å². The highest BCUT2D eigenvalue weighted by Crippen LogP contribution is 2.25. The molecule has 2 unspecified atom stereocenters. The maximum absolute atomic E-state index is 12.6. The van der Waals surface area contributed by atoms with Gasteiger partial charge >= 0.3 is 0 Å². The van der Waals surface area contributed by atoms with Crippen LogP contribution in [0.5, 0.6) is 0 Å². The van der Waals surface area contributed by atoms with Crippen LogP contribution in [0.3, 0.4) is 0 Å². The summed E-state index contributed by atoms with van der Waals surface area (Å²) in [7, 11) is 1.82. The van der Waals surface area contributed by atoms with Gasteiger partial charge in [-0.05, 0) is 31.2 Å². The lowest BCUT2D eigenvalue weighted by Gasteiger charge is -2.29. The Morgan fingerprint density at radius 1 is 1.33 bits per heavy atom. The average molecular weight is 388 g/mol. The van der Waals surface area contributed by atoms with Gasteiger partial charge in [-0.15, -0.1) is 23.7 Å². The Balaban J connectivity index is 0.00000288. The van der Waals surface area contributed by atoms with E-state index in [4.69, 9.17) is 17.3 Å². The van der Waals surface area contributed by atoms with Crippen molar-refractivity contribution in [2.45, 2.75) is 32.2 Å². The van der Waals surface area contributed by atoms with Crippen LogP contribution in [0.1, 0.15) is 40.8 Å². The Hall–Kier alpha value is -1.14. The van der Waals surface area contributed by atoms with Gasteiger partial charge < -0.3 is 10.6 Å². The van der Waals surface area contributed by atoms with Crippen LogP contribution in [0, 0.1) is 0 Å². The van der Waals surface area contributed by atoms with Crippen molar-refractivity contribution >= 4 is 41.3 Å². The first kappa shape index (κ1) is 20.9. The van der Waals surface area contributed by atoms with Crippen LogP contribution in [0.25, 0.3) is 0 Å². The zero-order valence-electron chi connectivity index (χ0n) is 14.0. The molecule has 0 saturated heterocycles. The second kappa shape index (κ2) is 9.37. The number of hydrogen-bond acceptors (Lipinski definition) is 4. The number of likely N-dealkylation sites (N-methyl/N-ethyl adjacent to an activating group) is 1. The molecule has 2 atom stereocenters. The molecule has 132 valence electrons. The van der Waals surface area contributed by atoms with Crippen molar-refractivity contribution in [1.82, 2.24) is 9.88 Å². The fourth-order valence-electron chi connectivity index (χ4n) is 2.39. The largest absolute Gasteiger partial charge is 0.337 e. The van der Waals surface area contributed by atoms with Crippen LogP contribution < -0.4 is 5.73 Å². The van der Waals surface area contributed by atoms with Gasteiger partial charge in [0.2, 0.25) is 0 Å². The number of carbonyl (C=O) groups excluding carboxylic acids is 1. The molecule has 1 aromatic heterocycles. The molecule has 1 aromatic carbocycles. The SMILES string of the molecule is CC(c1ccc(Cl)cc1)C(C)N(C)C(=O)c1csc(CCN)n1.Cl. The normalized spacial score (nSPS) is 13.0. The van der Waals surface area contributed by atoms with E-state index in [2.05, 4.69) is 11.9 Å². The van der Waals surface area contributed by atoms with E-state index < -0.39 is 0 Å². The number of amides is 1. The molecule has 0 spiro atoms. The molecule has 0 radical (unpaired) electrons. The van der Waals surface area contributed by atoms with Crippen LogP contribution >= 0.6 is 35.3 Å². The lowest BCUT2D eigenvalue weighted by atomic mass is 9.93. The van der Waals surface area contributed by atoms with Crippen molar-refractivity contribution in [3.63, 3.8) is 0 Å². The fourth-order valence-corrected chi connectivity index (χ4v) is 3.31. The molecule has 4 nitrogen and oxygen atoms in total. The van der Waals surface area contributed by atoms with Gasteiger partial charge in [0, 0.05) is 35.8 Å². The Kier molecular flexibility index (Phi) is 8.16. The minimum absolute atomic E-state index is 0. The lowest BCUT2D eigenvalue weighted by molar-refractivity contribution is 0.0721. The van der Waals surface area contributed by atoms with Crippen LogP contribution in [-0.2, 0) is 6.42 Å². The summed E-state index contributed by atoms with van der Waals surface area (Å²) < 4.78 is 0. The van der Waals surface area contributed by atoms with Crippen LogP contribution in [0.2, 0.25) is 5.02 Å². The second-order valence-electron chi connectivity index (χ2n) is 5.66. The topological polar surface area (TPSA) is 59.2 Å². The highest BCUT2D eigenvalue weighted by atomic mass is 35.5. The number of aromatic nitrogens is 1. The van der Waals surface area contributed by atoms with Gasteiger partial charge in [0.1, 0.15) is 5.69 Å². The number of halogens is 2. The van der Waals surface area contributed by atoms with E-state index in [0.717, 1.165) is 10.6 Å². The molecule has 0 saturated carbocycles.